The second kappa shape index (κ2) is 6.09. The molecule has 3 N–H and O–H groups in total. The summed E-state index contributed by atoms with van der Waals surface area (Å²) in [5.74, 6) is 0.155. The van der Waals surface area contributed by atoms with Crippen LogP contribution in [0.15, 0.2) is 24.3 Å². The highest BCUT2D eigenvalue weighted by Gasteiger charge is 2.34. The van der Waals surface area contributed by atoms with Gasteiger partial charge in [-0.15, -0.1) is 0 Å². The first-order valence-corrected chi connectivity index (χ1v) is 7.25. The molecule has 0 unspecified atom stereocenters. The van der Waals surface area contributed by atoms with Crippen molar-refractivity contribution in [2.45, 2.75) is 45.4 Å². The van der Waals surface area contributed by atoms with E-state index >= 15 is 0 Å². The van der Waals surface area contributed by atoms with E-state index in [1.54, 1.807) is 0 Å². The second-order valence-electron chi connectivity index (χ2n) is 5.73. The number of amides is 1. The first-order chi connectivity index (χ1) is 9.13. The van der Waals surface area contributed by atoms with Crippen LogP contribution < -0.4 is 11.1 Å². The highest BCUT2D eigenvalue weighted by atomic mass is 16.1. The third-order valence-corrected chi connectivity index (χ3v) is 4.42. The van der Waals surface area contributed by atoms with E-state index in [1.165, 1.54) is 25.7 Å². The molecule has 2 rings (SSSR count). The van der Waals surface area contributed by atoms with Gasteiger partial charge in [-0.3, -0.25) is 4.79 Å². The summed E-state index contributed by atoms with van der Waals surface area (Å²) in [6.45, 7) is 3.07. The van der Waals surface area contributed by atoms with Crippen molar-refractivity contribution >= 4 is 11.6 Å². The summed E-state index contributed by atoms with van der Waals surface area (Å²) in [4.78, 5) is 11.9. The maximum atomic E-state index is 11.9. The number of aryl methyl sites for hydroxylation is 1. The van der Waals surface area contributed by atoms with Gasteiger partial charge in [0.15, 0.2) is 0 Å². The Kier molecular flexibility index (Phi) is 4.46. The molecule has 104 valence electrons. The maximum absolute atomic E-state index is 11.9. The van der Waals surface area contributed by atoms with Crippen molar-refractivity contribution in [3.05, 3.63) is 29.8 Å². The Morgan fingerprint density at radius 3 is 2.79 bits per heavy atom. The van der Waals surface area contributed by atoms with E-state index < -0.39 is 0 Å². The molecular weight excluding hydrogens is 236 g/mol. The Balaban J connectivity index is 1.73. The van der Waals surface area contributed by atoms with Gasteiger partial charge in [-0.25, -0.2) is 0 Å². The van der Waals surface area contributed by atoms with Crippen molar-refractivity contribution in [2.75, 3.05) is 12.3 Å². The molecule has 1 aliphatic rings. The molecule has 0 aromatic heterocycles. The topological polar surface area (TPSA) is 55.1 Å². The minimum absolute atomic E-state index is 0.155. The summed E-state index contributed by atoms with van der Waals surface area (Å²) in [5, 5.41) is 3.09. The Labute approximate surface area is 115 Å². The van der Waals surface area contributed by atoms with Crippen LogP contribution in [0.3, 0.4) is 0 Å². The van der Waals surface area contributed by atoms with Crippen molar-refractivity contribution in [2.24, 2.45) is 5.41 Å². The van der Waals surface area contributed by atoms with E-state index in [0.29, 0.717) is 11.8 Å². The van der Waals surface area contributed by atoms with Gasteiger partial charge in [0.05, 0.1) is 0 Å². The molecule has 1 aromatic carbocycles. The van der Waals surface area contributed by atoms with E-state index in [2.05, 4.69) is 12.2 Å². The summed E-state index contributed by atoms with van der Waals surface area (Å²) in [7, 11) is 0. The summed E-state index contributed by atoms with van der Waals surface area (Å²) in [5.41, 5.74) is 8.01. The lowest BCUT2D eigenvalue weighted by Gasteiger charge is -2.41. The van der Waals surface area contributed by atoms with E-state index in [-0.39, 0.29) is 5.91 Å². The van der Waals surface area contributed by atoms with Gasteiger partial charge in [0.2, 0.25) is 5.91 Å². The number of hydrogen-bond donors (Lipinski definition) is 2. The maximum Gasteiger partial charge on any atom is 0.220 e. The Hall–Kier alpha value is -1.51. The average molecular weight is 260 g/mol. The number of nitrogens with one attached hydrogen (secondary N) is 1. The summed E-state index contributed by atoms with van der Waals surface area (Å²) in [6.07, 6.45) is 6.31. The van der Waals surface area contributed by atoms with Crippen LogP contribution in [0, 0.1) is 5.41 Å². The zero-order chi connectivity index (χ0) is 13.7. The summed E-state index contributed by atoms with van der Waals surface area (Å²) in [6, 6.07) is 7.75. The van der Waals surface area contributed by atoms with Crippen LogP contribution in [0.1, 0.15) is 44.6 Å². The predicted molar refractivity (Wildman–Crippen MR) is 78.8 cm³/mol. The molecule has 19 heavy (non-hydrogen) atoms. The van der Waals surface area contributed by atoms with Gasteiger partial charge in [0.25, 0.3) is 0 Å². The zero-order valence-corrected chi connectivity index (χ0v) is 11.7. The Bertz CT molecular complexity index is 433. The van der Waals surface area contributed by atoms with Crippen molar-refractivity contribution in [1.82, 2.24) is 5.32 Å². The fraction of sp³-hybridized carbons (Fsp3) is 0.562. The molecule has 3 heteroatoms. The first kappa shape index (κ1) is 13.9. The normalized spacial score (nSPS) is 16.7. The molecular formula is C16H24N2O. The number of anilines is 1. The highest BCUT2D eigenvalue weighted by molar-refractivity contribution is 5.76. The first-order valence-electron chi connectivity index (χ1n) is 7.25. The van der Waals surface area contributed by atoms with Crippen LogP contribution in [0.5, 0.6) is 0 Å². The van der Waals surface area contributed by atoms with Crippen LogP contribution in [0.2, 0.25) is 0 Å². The third kappa shape index (κ3) is 3.72. The molecule has 0 heterocycles. The highest BCUT2D eigenvalue weighted by Crippen LogP contribution is 2.42. The van der Waals surface area contributed by atoms with E-state index in [1.807, 2.05) is 24.3 Å². The number of benzene rings is 1. The van der Waals surface area contributed by atoms with Gasteiger partial charge in [-0.1, -0.05) is 25.5 Å². The molecule has 0 radical (unpaired) electrons. The summed E-state index contributed by atoms with van der Waals surface area (Å²) < 4.78 is 0. The van der Waals surface area contributed by atoms with Crippen LogP contribution in [0.4, 0.5) is 5.69 Å². The van der Waals surface area contributed by atoms with Crippen LogP contribution in [-0.4, -0.2) is 12.5 Å². The van der Waals surface area contributed by atoms with Crippen LogP contribution >= 0.6 is 0 Å². The molecule has 1 amide bonds. The second-order valence-corrected chi connectivity index (χ2v) is 5.73. The SMILES string of the molecule is CCC1(CNC(=O)CCc2cccc(N)c2)CCC1. The van der Waals surface area contributed by atoms with E-state index in [9.17, 15) is 4.79 Å². The number of carbonyl (C=O) groups is 1. The molecule has 0 spiro atoms. The molecule has 0 atom stereocenters. The van der Waals surface area contributed by atoms with Crippen molar-refractivity contribution in [1.29, 1.82) is 0 Å². The smallest absolute Gasteiger partial charge is 0.220 e. The minimum atomic E-state index is 0.155. The monoisotopic (exact) mass is 260 g/mol. The molecule has 1 saturated carbocycles. The van der Waals surface area contributed by atoms with Gasteiger partial charge < -0.3 is 11.1 Å². The van der Waals surface area contributed by atoms with E-state index in [0.717, 1.165) is 24.2 Å². The molecule has 1 fully saturated rings. The predicted octanol–water partition coefficient (Wildman–Crippen LogP) is 2.90. The number of hydrogen-bond acceptors (Lipinski definition) is 2. The van der Waals surface area contributed by atoms with Crippen molar-refractivity contribution < 1.29 is 4.79 Å². The zero-order valence-electron chi connectivity index (χ0n) is 11.7. The van der Waals surface area contributed by atoms with Crippen LogP contribution in [-0.2, 0) is 11.2 Å². The minimum Gasteiger partial charge on any atom is -0.399 e. The molecule has 0 aliphatic heterocycles. The quantitative estimate of drug-likeness (QED) is 0.773. The lowest BCUT2D eigenvalue weighted by atomic mass is 9.67. The molecule has 3 nitrogen and oxygen atoms in total. The molecule has 0 bridgehead atoms. The number of nitrogens with two attached hydrogens (primary N) is 1. The third-order valence-electron chi connectivity index (χ3n) is 4.42. The van der Waals surface area contributed by atoms with E-state index in [4.69, 9.17) is 5.73 Å². The van der Waals surface area contributed by atoms with Gasteiger partial charge in [-0.2, -0.15) is 0 Å². The lowest BCUT2D eigenvalue weighted by molar-refractivity contribution is -0.122. The van der Waals surface area contributed by atoms with Gasteiger partial charge in [0.1, 0.15) is 0 Å². The van der Waals surface area contributed by atoms with Gasteiger partial charge >= 0.3 is 0 Å². The molecule has 1 aromatic rings. The molecule has 1 aliphatic carbocycles. The Morgan fingerprint density at radius 1 is 1.42 bits per heavy atom. The lowest BCUT2D eigenvalue weighted by Crippen LogP contribution is -2.41. The van der Waals surface area contributed by atoms with Gasteiger partial charge in [0, 0.05) is 18.7 Å². The van der Waals surface area contributed by atoms with Crippen LogP contribution in [0.25, 0.3) is 0 Å². The number of rotatable bonds is 6. The summed E-state index contributed by atoms with van der Waals surface area (Å²) >= 11 is 0. The van der Waals surface area contributed by atoms with Crippen molar-refractivity contribution in [3.8, 4) is 0 Å². The van der Waals surface area contributed by atoms with Crippen molar-refractivity contribution in [3.63, 3.8) is 0 Å². The standard InChI is InChI=1S/C16H24N2O/c1-2-16(9-4-10-16)12-18-15(19)8-7-13-5-3-6-14(17)11-13/h3,5-6,11H,2,4,7-10,12,17H2,1H3,(H,18,19). The molecule has 0 saturated heterocycles. The number of nitrogen functional groups attached to an aromatic ring is 1. The van der Waals surface area contributed by atoms with Gasteiger partial charge in [-0.05, 0) is 48.8 Å². The average Bonchev–Trinajstić information content (AvgIpc) is 2.36. The number of carbonyl (C=O) groups excluding carboxylic acids is 1. The fourth-order valence-electron chi connectivity index (χ4n) is 2.71. The largest absolute Gasteiger partial charge is 0.399 e. The Morgan fingerprint density at radius 2 is 2.21 bits per heavy atom. The fourth-order valence-corrected chi connectivity index (χ4v) is 2.71.